The molecule has 1 aliphatic rings. The van der Waals surface area contributed by atoms with E-state index in [9.17, 15) is 0 Å². The molecule has 1 aromatic carbocycles. The molecule has 1 aromatic heterocycles. The summed E-state index contributed by atoms with van der Waals surface area (Å²) in [6.45, 7) is 0. The van der Waals surface area contributed by atoms with Gasteiger partial charge in [-0.05, 0) is 18.9 Å². The molecule has 0 spiro atoms. The third kappa shape index (κ3) is 3.08. The molecule has 1 heterocycles. The third-order valence-corrected chi connectivity index (χ3v) is 4.34. The maximum absolute atomic E-state index is 5.40. The number of nitrogens with one attached hydrogen (secondary N) is 1. The van der Waals surface area contributed by atoms with E-state index >= 15 is 0 Å². The van der Waals surface area contributed by atoms with E-state index < -0.39 is 0 Å². The lowest BCUT2D eigenvalue weighted by Crippen LogP contribution is -2.19. The minimum Gasteiger partial charge on any atom is -0.493 e. The minimum atomic E-state index is 0.494. The van der Waals surface area contributed by atoms with Gasteiger partial charge in [-0.2, -0.15) is 0 Å². The van der Waals surface area contributed by atoms with E-state index in [0.717, 1.165) is 16.7 Å². The summed E-state index contributed by atoms with van der Waals surface area (Å²) in [4.78, 5) is 8.79. The van der Waals surface area contributed by atoms with Crippen molar-refractivity contribution in [2.45, 2.75) is 44.6 Å². The van der Waals surface area contributed by atoms with Gasteiger partial charge in [0.15, 0.2) is 11.5 Å². The van der Waals surface area contributed by atoms with E-state index in [1.165, 1.54) is 38.5 Å². The fraction of sp³-hybridized carbons (Fsp3) is 0.529. The number of benzene rings is 1. The second kappa shape index (κ2) is 6.81. The van der Waals surface area contributed by atoms with E-state index in [1.807, 2.05) is 12.1 Å². The zero-order chi connectivity index (χ0) is 15.4. The van der Waals surface area contributed by atoms with Crippen molar-refractivity contribution in [2.75, 3.05) is 19.5 Å². The highest BCUT2D eigenvalue weighted by molar-refractivity contribution is 5.91. The van der Waals surface area contributed by atoms with Gasteiger partial charge in [0.05, 0.1) is 19.7 Å². The van der Waals surface area contributed by atoms with Gasteiger partial charge in [-0.1, -0.05) is 25.7 Å². The van der Waals surface area contributed by atoms with Crippen molar-refractivity contribution < 1.29 is 9.47 Å². The molecule has 118 valence electrons. The minimum absolute atomic E-state index is 0.494. The number of methoxy groups -OCH3 is 2. The Morgan fingerprint density at radius 3 is 2.32 bits per heavy atom. The third-order valence-electron chi connectivity index (χ3n) is 4.34. The number of hydrogen-bond acceptors (Lipinski definition) is 5. The predicted octanol–water partition coefficient (Wildman–Crippen LogP) is 3.78. The Kier molecular flexibility index (Phi) is 4.61. The summed E-state index contributed by atoms with van der Waals surface area (Å²) >= 11 is 0. The topological polar surface area (TPSA) is 56.3 Å². The van der Waals surface area contributed by atoms with Crippen molar-refractivity contribution in [1.29, 1.82) is 0 Å². The van der Waals surface area contributed by atoms with Gasteiger partial charge >= 0.3 is 0 Å². The SMILES string of the molecule is COc1cc2ncnc(NC3CCCCCC3)c2cc1OC. The molecule has 0 atom stereocenters. The molecule has 1 fully saturated rings. The van der Waals surface area contributed by atoms with Crippen LogP contribution in [0.4, 0.5) is 5.82 Å². The number of rotatable bonds is 4. The number of anilines is 1. The smallest absolute Gasteiger partial charge is 0.162 e. The molecule has 1 N–H and O–H groups in total. The van der Waals surface area contributed by atoms with Crippen molar-refractivity contribution >= 4 is 16.7 Å². The van der Waals surface area contributed by atoms with Crippen LogP contribution in [0.2, 0.25) is 0 Å². The standard InChI is InChI=1S/C17H23N3O2/c1-21-15-9-13-14(10-16(15)22-2)18-11-19-17(13)20-12-7-5-3-4-6-8-12/h9-12H,3-8H2,1-2H3,(H,18,19,20). The average molecular weight is 301 g/mol. The second-order valence-corrected chi connectivity index (χ2v) is 5.78. The molecule has 0 amide bonds. The number of fused-ring (bicyclic) bond motifs is 1. The van der Waals surface area contributed by atoms with Crippen molar-refractivity contribution in [3.63, 3.8) is 0 Å². The molecule has 2 aromatic rings. The van der Waals surface area contributed by atoms with Crippen LogP contribution in [0.5, 0.6) is 11.5 Å². The van der Waals surface area contributed by atoms with Crippen molar-refractivity contribution in [3.05, 3.63) is 18.5 Å². The van der Waals surface area contributed by atoms with Crippen LogP contribution in [0.1, 0.15) is 38.5 Å². The lowest BCUT2D eigenvalue weighted by molar-refractivity contribution is 0.356. The highest BCUT2D eigenvalue weighted by atomic mass is 16.5. The van der Waals surface area contributed by atoms with Crippen LogP contribution in [0.25, 0.3) is 10.9 Å². The molecular formula is C17H23N3O2. The normalized spacial score (nSPS) is 16.3. The fourth-order valence-electron chi connectivity index (χ4n) is 3.12. The molecule has 1 aliphatic carbocycles. The summed E-state index contributed by atoms with van der Waals surface area (Å²) in [5.41, 5.74) is 0.865. The van der Waals surface area contributed by atoms with E-state index in [1.54, 1.807) is 20.5 Å². The zero-order valence-electron chi connectivity index (χ0n) is 13.3. The molecule has 1 saturated carbocycles. The first-order valence-corrected chi connectivity index (χ1v) is 7.95. The molecule has 0 aliphatic heterocycles. The van der Waals surface area contributed by atoms with Gasteiger partial charge in [0.2, 0.25) is 0 Å². The van der Waals surface area contributed by atoms with Gasteiger partial charge in [0, 0.05) is 17.5 Å². The zero-order valence-corrected chi connectivity index (χ0v) is 13.3. The van der Waals surface area contributed by atoms with E-state index in [4.69, 9.17) is 9.47 Å². The summed E-state index contributed by atoms with van der Waals surface area (Å²) in [5.74, 6) is 2.28. The van der Waals surface area contributed by atoms with Gasteiger partial charge in [-0.3, -0.25) is 0 Å². The largest absolute Gasteiger partial charge is 0.493 e. The molecule has 0 radical (unpaired) electrons. The van der Waals surface area contributed by atoms with Crippen LogP contribution in [0.3, 0.4) is 0 Å². The van der Waals surface area contributed by atoms with Gasteiger partial charge in [-0.15, -0.1) is 0 Å². The van der Waals surface area contributed by atoms with Gasteiger partial charge in [-0.25, -0.2) is 9.97 Å². The van der Waals surface area contributed by atoms with Crippen LogP contribution in [-0.2, 0) is 0 Å². The van der Waals surface area contributed by atoms with Crippen molar-refractivity contribution in [2.24, 2.45) is 0 Å². The monoisotopic (exact) mass is 301 g/mol. The quantitative estimate of drug-likeness (QED) is 0.871. The fourth-order valence-corrected chi connectivity index (χ4v) is 3.12. The summed E-state index contributed by atoms with van der Waals surface area (Å²) in [7, 11) is 3.28. The first-order chi connectivity index (χ1) is 10.8. The summed E-state index contributed by atoms with van der Waals surface area (Å²) in [6.07, 6.45) is 9.28. The Labute approximate surface area is 131 Å². The lowest BCUT2D eigenvalue weighted by atomic mass is 10.1. The van der Waals surface area contributed by atoms with Crippen LogP contribution < -0.4 is 14.8 Å². The summed E-state index contributed by atoms with van der Waals surface area (Å²) in [5, 5.41) is 4.58. The Hall–Kier alpha value is -2.04. The Bertz CT molecular complexity index is 637. The highest BCUT2D eigenvalue weighted by Gasteiger charge is 2.15. The molecule has 0 bridgehead atoms. The van der Waals surface area contributed by atoms with Gasteiger partial charge < -0.3 is 14.8 Å². The summed E-state index contributed by atoms with van der Waals surface area (Å²) < 4.78 is 10.7. The molecule has 3 rings (SSSR count). The number of ether oxygens (including phenoxy) is 2. The number of hydrogen-bond donors (Lipinski definition) is 1. The number of nitrogens with zero attached hydrogens (tertiary/aromatic N) is 2. The maximum Gasteiger partial charge on any atom is 0.162 e. The van der Waals surface area contributed by atoms with E-state index in [-0.39, 0.29) is 0 Å². The Morgan fingerprint density at radius 2 is 1.64 bits per heavy atom. The maximum atomic E-state index is 5.40. The summed E-state index contributed by atoms with van der Waals surface area (Å²) in [6, 6.07) is 4.34. The average Bonchev–Trinajstić information content (AvgIpc) is 2.82. The van der Waals surface area contributed by atoms with Crippen LogP contribution in [0.15, 0.2) is 18.5 Å². The first-order valence-electron chi connectivity index (χ1n) is 7.95. The number of aromatic nitrogens is 2. The van der Waals surface area contributed by atoms with E-state index in [0.29, 0.717) is 17.5 Å². The molecule has 22 heavy (non-hydrogen) atoms. The first kappa shape index (κ1) is 14.9. The molecule has 0 saturated heterocycles. The van der Waals surface area contributed by atoms with Crippen LogP contribution in [0, 0.1) is 0 Å². The Morgan fingerprint density at radius 1 is 0.955 bits per heavy atom. The van der Waals surface area contributed by atoms with Crippen molar-refractivity contribution in [1.82, 2.24) is 9.97 Å². The molecular weight excluding hydrogens is 278 g/mol. The molecule has 5 nitrogen and oxygen atoms in total. The molecule has 0 unspecified atom stereocenters. The predicted molar refractivity (Wildman–Crippen MR) is 87.8 cm³/mol. The van der Waals surface area contributed by atoms with Crippen molar-refractivity contribution in [3.8, 4) is 11.5 Å². The van der Waals surface area contributed by atoms with Gasteiger partial charge in [0.25, 0.3) is 0 Å². The van der Waals surface area contributed by atoms with E-state index in [2.05, 4.69) is 15.3 Å². The van der Waals surface area contributed by atoms with Gasteiger partial charge in [0.1, 0.15) is 12.1 Å². The molecule has 5 heteroatoms. The van der Waals surface area contributed by atoms with Crippen LogP contribution >= 0.6 is 0 Å². The second-order valence-electron chi connectivity index (χ2n) is 5.78. The Balaban J connectivity index is 1.94. The highest BCUT2D eigenvalue weighted by Crippen LogP contribution is 2.34. The lowest BCUT2D eigenvalue weighted by Gasteiger charge is -2.18. The van der Waals surface area contributed by atoms with Crippen LogP contribution in [-0.4, -0.2) is 30.2 Å².